The van der Waals surface area contributed by atoms with Crippen molar-refractivity contribution < 1.29 is 9.53 Å². The van der Waals surface area contributed by atoms with Crippen LogP contribution in [-0.2, 0) is 12.8 Å². The summed E-state index contributed by atoms with van der Waals surface area (Å²) in [5.74, 6) is 1.23. The molecule has 0 saturated carbocycles. The summed E-state index contributed by atoms with van der Waals surface area (Å²) in [6.45, 7) is 0. The summed E-state index contributed by atoms with van der Waals surface area (Å²) >= 11 is 0. The van der Waals surface area contributed by atoms with Crippen LogP contribution >= 0.6 is 0 Å². The summed E-state index contributed by atoms with van der Waals surface area (Å²) < 4.78 is 5.23. The Morgan fingerprint density at radius 3 is 2.94 bits per heavy atom. The Morgan fingerprint density at radius 1 is 1.44 bits per heavy atom. The number of aryl methyl sites for hydroxylation is 1. The molecule has 3 rings (SSSR count). The van der Waals surface area contributed by atoms with Crippen LogP contribution in [0.3, 0.4) is 0 Å². The van der Waals surface area contributed by atoms with Gasteiger partial charge in [0.05, 0.1) is 7.11 Å². The van der Waals surface area contributed by atoms with Gasteiger partial charge in [-0.25, -0.2) is 4.79 Å². The molecule has 1 aromatic carbocycles. The fraction of sp³-hybridized carbons (Fsp3) is 0.385. The van der Waals surface area contributed by atoms with Gasteiger partial charge in [0.1, 0.15) is 17.1 Å². The normalized spacial score (nSPS) is 25.6. The van der Waals surface area contributed by atoms with Gasteiger partial charge >= 0.3 is 6.03 Å². The molecule has 1 heterocycles. The number of benzene rings is 1. The van der Waals surface area contributed by atoms with Gasteiger partial charge in [-0.3, -0.25) is 0 Å². The Morgan fingerprint density at radius 2 is 2.28 bits per heavy atom. The lowest BCUT2D eigenvalue weighted by atomic mass is 9.77. The van der Waals surface area contributed by atoms with Gasteiger partial charge in [0.2, 0.25) is 0 Å². The Balaban J connectivity index is 1.97. The molecule has 2 aliphatic rings. The van der Waals surface area contributed by atoms with Crippen molar-refractivity contribution >= 4 is 11.9 Å². The van der Waals surface area contributed by atoms with Crippen molar-refractivity contribution in [2.75, 3.05) is 7.11 Å². The molecule has 94 valence electrons. The van der Waals surface area contributed by atoms with Crippen LogP contribution < -0.4 is 15.8 Å². The number of carbonyl (C=O) groups excluding carboxylic acids is 1. The molecule has 3 N–H and O–H groups in total. The molecule has 1 unspecified atom stereocenters. The van der Waals surface area contributed by atoms with E-state index in [1.807, 2.05) is 12.1 Å². The van der Waals surface area contributed by atoms with Gasteiger partial charge in [-0.15, -0.1) is 0 Å². The number of rotatable bonds is 1. The first-order valence-electron chi connectivity index (χ1n) is 5.95. The standard InChI is InChI=1S/C13H15N3O2/c1-18-10-3-2-8-4-5-13(7-9(8)6-10)11(14)15-12(17)16-13/h2-3,6H,4-5,7H2,1H3,(H3,14,15,16,17). The predicted molar refractivity (Wildman–Crippen MR) is 67.9 cm³/mol. The largest absolute Gasteiger partial charge is 0.497 e. The van der Waals surface area contributed by atoms with E-state index >= 15 is 0 Å². The quantitative estimate of drug-likeness (QED) is 0.775. The van der Waals surface area contributed by atoms with Crippen molar-refractivity contribution in [3.63, 3.8) is 0 Å². The zero-order chi connectivity index (χ0) is 12.8. The highest BCUT2D eigenvalue weighted by atomic mass is 16.5. The topological polar surface area (TPSA) is 76.7 Å². The highest BCUT2D eigenvalue weighted by molar-refractivity contribution is 6.06. The summed E-state index contributed by atoms with van der Waals surface area (Å²) in [6.07, 6.45) is 2.36. The first-order valence-corrected chi connectivity index (χ1v) is 5.95. The van der Waals surface area contributed by atoms with E-state index in [1.165, 1.54) is 11.1 Å². The molecule has 5 nitrogen and oxygen atoms in total. The molecule has 1 aliphatic carbocycles. The lowest BCUT2D eigenvalue weighted by molar-refractivity contribution is 0.244. The lowest BCUT2D eigenvalue weighted by Crippen LogP contribution is -2.55. The average Bonchev–Trinajstić information content (AvgIpc) is 2.63. The van der Waals surface area contributed by atoms with Crippen LogP contribution in [0.2, 0.25) is 0 Å². The van der Waals surface area contributed by atoms with Gasteiger partial charge in [-0.05, 0) is 36.1 Å². The van der Waals surface area contributed by atoms with Gasteiger partial charge in [0.15, 0.2) is 0 Å². The van der Waals surface area contributed by atoms with Crippen LogP contribution in [0.15, 0.2) is 23.2 Å². The molecule has 0 radical (unpaired) electrons. The maximum absolute atomic E-state index is 11.4. The fourth-order valence-electron chi connectivity index (χ4n) is 2.74. The summed E-state index contributed by atoms with van der Waals surface area (Å²) in [6, 6.07) is 5.71. The van der Waals surface area contributed by atoms with E-state index in [4.69, 9.17) is 10.5 Å². The van der Waals surface area contributed by atoms with Gasteiger partial charge in [-0.1, -0.05) is 6.07 Å². The zero-order valence-corrected chi connectivity index (χ0v) is 10.2. The van der Waals surface area contributed by atoms with Crippen molar-refractivity contribution in [3.05, 3.63) is 29.3 Å². The number of fused-ring (bicyclic) bond motifs is 1. The molecule has 1 atom stereocenters. The summed E-state index contributed by atoms with van der Waals surface area (Å²) in [7, 11) is 1.65. The van der Waals surface area contributed by atoms with Gasteiger partial charge < -0.3 is 15.8 Å². The van der Waals surface area contributed by atoms with Crippen molar-refractivity contribution in [1.29, 1.82) is 0 Å². The second kappa shape index (κ2) is 3.73. The summed E-state index contributed by atoms with van der Waals surface area (Å²) in [5, 5.41) is 2.89. The monoisotopic (exact) mass is 245 g/mol. The molecule has 1 spiro atoms. The Kier molecular flexibility index (Phi) is 2.29. The number of ether oxygens (including phenoxy) is 1. The molecule has 18 heavy (non-hydrogen) atoms. The molecule has 2 amide bonds. The van der Waals surface area contributed by atoms with E-state index in [-0.39, 0.29) is 6.03 Å². The lowest BCUT2D eigenvalue weighted by Gasteiger charge is -2.34. The molecule has 0 fully saturated rings. The molecule has 0 aromatic heterocycles. The van der Waals surface area contributed by atoms with E-state index in [1.54, 1.807) is 7.11 Å². The van der Waals surface area contributed by atoms with Crippen molar-refractivity contribution in [1.82, 2.24) is 5.32 Å². The first kappa shape index (κ1) is 11.1. The van der Waals surface area contributed by atoms with Crippen LogP contribution in [-0.4, -0.2) is 24.5 Å². The number of methoxy groups -OCH3 is 1. The zero-order valence-electron chi connectivity index (χ0n) is 10.2. The number of nitrogens with two attached hydrogens (primary N) is 1. The second-order valence-electron chi connectivity index (χ2n) is 4.82. The Labute approximate surface area is 105 Å². The fourth-order valence-corrected chi connectivity index (χ4v) is 2.74. The van der Waals surface area contributed by atoms with E-state index in [0.717, 1.165) is 18.6 Å². The van der Waals surface area contributed by atoms with Crippen LogP contribution in [0, 0.1) is 0 Å². The van der Waals surface area contributed by atoms with E-state index in [0.29, 0.717) is 12.3 Å². The molecule has 5 heteroatoms. The Bertz CT molecular complexity index is 553. The smallest absolute Gasteiger partial charge is 0.343 e. The summed E-state index contributed by atoms with van der Waals surface area (Å²) in [5.41, 5.74) is 7.86. The second-order valence-corrected chi connectivity index (χ2v) is 4.82. The predicted octanol–water partition coefficient (Wildman–Crippen LogP) is 1.00. The van der Waals surface area contributed by atoms with E-state index in [2.05, 4.69) is 16.4 Å². The summed E-state index contributed by atoms with van der Waals surface area (Å²) in [4.78, 5) is 15.2. The van der Waals surface area contributed by atoms with Gasteiger partial charge in [0, 0.05) is 6.42 Å². The van der Waals surface area contributed by atoms with Crippen molar-refractivity contribution in [3.8, 4) is 5.75 Å². The third-order valence-electron chi connectivity index (χ3n) is 3.79. The number of nitrogens with one attached hydrogen (secondary N) is 1. The minimum atomic E-state index is -0.490. The third-order valence-corrected chi connectivity index (χ3v) is 3.79. The van der Waals surface area contributed by atoms with E-state index < -0.39 is 5.54 Å². The van der Waals surface area contributed by atoms with Crippen LogP contribution in [0.4, 0.5) is 4.79 Å². The number of amidine groups is 1. The van der Waals surface area contributed by atoms with Crippen LogP contribution in [0.1, 0.15) is 17.5 Å². The number of urea groups is 1. The maximum atomic E-state index is 11.4. The van der Waals surface area contributed by atoms with Gasteiger partial charge in [-0.2, -0.15) is 4.99 Å². The molecular weight excluding hydrogens is 230 g/mol. The first-order chi connectivity index (χ1) is 8.63. The molecule has 1 aromatic rings. The molecule has 1 aliphatic heterocycles. The number of hydrogen-bond acceptors (Lipinski definition) is 3. The van der Waals surface area contributed by atoms with Crippen LogP contribution in [0.5, 0.6) is 5.75 Å². The minimum absolute atomic E-state index is 0.334. The highest BCUT2D eigenvalue weighted by Crippen LogP contribution is 2.33. The molecule has 0 saturated heterocycles. The number of hydrogen-bond donors (Lipinski definition) is 2. The number of amides is 2. The third kappa shape index (κ3) is 1.54. The minimum Gasteiger partial charge on any atom is -0.497 e. The average molecular weight is 245 g/mol. The molecular formula is C13H15N3O2. The number of nitrogens with zero attached hydrogens (tertiary/aromatic N) is 1. The number of carbonyl (C=O) groups is 1. The van der Waals surface area contributed by atoms with Crippen molar-refractivity contribution in [2.24, 2.45) is 10.7 Å². The maximum Gasteiger partial charge on any atom is 0.343 e. The Hall–Kier alpha value is -2.04. The van der Waals surface area contributed by atoms with Crippen LogP contribution in [0.25, 0.3) is 0 Å². The van der Waals surface area contributed by atoms with E-state index in [9.17, 15) is 4.79 Å². The highest BCUT2D eigenvalue weighted by Gasteiger charge is 2.43. The molecule has 0 bridgehead atoms. The SMILES string of the molecule is COc1ccc2c(c1)CC1(CC2)NC(=O)N=C1N. The van der Waals surface area contributed by atoms with Gasteiger partial charge in [0.25, 0.3) is 0 Å². The number of aliphatic imine (C=N–C) groups is 1. The van der Waals surface area contributed by atoms with Crippen molar-refractivity contribution in [2.45, 2.75) is 24.8 Å².